The minimum absolute atomic E-state index is 0.181. The molecule has 0 heterocycles. The number of para-hydroxylation sites is 1. The lowest BCUT2D eigenvalue weighted by molar-refractivity contribution is -0.112. The number of ether oxygens (including phenoxy) is 1. The number of carbonyl (C=O) groups excluding carboxylic acids is 2. The molecule has 2 rings (SSSR count). The van der Waals surface area contributed by atoms with Gasteiger partial charge in [0.2, 0.25) is 0 Å². The summed E-state index contributed by atoms with van der Waals surface area (Å²) in [5, 5.41) is 23.3. The fourth-order valence-electron chi connectivity index (χ4n) is 2.01. The molecular formula is C19H14N4O3. The van der Waals surface area contributed by atoms with Crippen LogP contribution in [0.15, 0.2) is 60.3 Å². The van der Waals surface area contributed by atoms with Gasteiger partial charge in [0.1, 0.15) is 11.6 Å². The highest BCUT2D eigenvalue weighted by molar-refractivity contribution is 6.09. The third-order valence-electron chi connectivity index (χ3n) is 3.34. The van der Waals surface area contributed by atoms with Gasteiger partial charge < -0.3 is 15.4 Å². The second-order valence-electron chi connectivity index (χ2n) is 4.99. The molecule has 7 heteroatoms. The quantitative estimate of drug-likeness (QED) is 0.489. The summed E-state index contributed by atoms with van der Waals surface area (Å²) < 4.78 is 4.66. The molecule has 0 fully saturated rings. The summed E-state index contributed by atoms with van der Waals surface area (Å²) in [6.45, 7) is 0. The van der Waals surface area contributed by atoms with E-state index in [1.807, 2.05) is 6.07 Å². The topological polar surface area (TPSA) is 115 Å². The predicted molar refractivity (Wildman–Crippen MR) is 94.9 cm³/mol. The molecule has 2 aromatic rings. The highest BCUT2D eigenvalue weighted by Crippen LogP contribution is 2.17. The first-order chi connectivity index (χ1) is 12.6. The predicted octanol–water partition coefficient (Wildman–Crippen LogP) is 2.80. The van der Waals surface area contributed by atoms with Gasteiger partial charge in [-0.15, -0.1) is 0 Å². The van der Waals surface area contributed by atoms with Crippen LogP contribution in [0.3, 0.4) is 0 Å². The van der Waals surface area contributed by atoms with Crippen molar-refractivity contribution < 1.29 is 14.3 Å². The Hall–Kier alpha value is -4.10. The molecule has 0 saturated heterocycles. The Morgan fingerprint density at radius 3 is 2.38 bits per heavy atom. The van der Waals surface area contributed by atoms with Crippen LogP contribution in [0.4, 0.5) is 11.4 Å². The number of hydrogen-bond donors (Lipinski definition) is 2. The van der Waals surface area contributed by atoms with Crippen LogP contribution in [0.1, 0.15) is 15.9 Å². The minimum Gasteiger partial charge on any atom is -0.465 e. The molecule has 7 nitrogen and oxygen atoms in total. The van der Waals surface area contributed by atoms with Crippen LogP contribution >= 0.6 is 0 Å². The molecule has 2 N–H and O–H groups in total. The lowest BCUT2D eigenvalue weighted by Gasteiger charge is -2.09. The minimum atomic E-state index is -0.676. The van der Waals surface area contributed by atoms with E-state index in [1.165, 1.54) is 25.4 Å². The summed E-state index contributed by atoms with van der Waals surface area (Å²) >= 11 is 0. The summed E-state index contributed by atoms with van der Waals surface area (Å²) in [4.78, 5) is 24.0. The number of anilines is 2. The Balaban J connectivity index is 2.15. The standard InChI is InChI=1S/C19H14N4O3/c1-26-19(25)16-4-2-3-5-17(16)23-18(24)14(11-21)12-22-15-8-6-13(10-20)7-9-15/h2-9,12,22H,1H3,(H,23,24)/b14-12-. The van der Waals surface area contributed by atoms with Gasteiger partial charge in [0.05, 0.1) is 30.0 Å². The molecule has 0 aliphatic heterocycles. The number of carbonyl (C=O) groups is 2. The SMILES string of the molecule is COC(=O)c1ccccc1NC(=O)/C(C#N)=C\Nc1ccc(C#N)cc1. The molecule has 0 aliphatic carbocycles. The summed E-state index contributed by atoms with van der Waals surface area (Å²) in [7, 11) is 1.24. The molecule has 0 radical (unpaired) electrons. The van der Waals surface area contributed by atoms with Crippen molar-refractivity contribution in [1.82, 2.24) is 0 Å². The number of methoxy groups -OCH3 is 1. The number of amides is 1. The highest BCUT2D eigenvalue weighted by Gasteiger charge is 2.15. The lowest BCUT2D eigenvalue weighted by atomic mass is 10.1. The third-order valence-corrected chi connectivity index (χ3v) is 3.34. The molecule has 0 saturated carbocycles. The van der Waals surface area contributed by atoms with E-state index < -0.39 is 11.9 Å². The van der Waals surface area contributed by atoms with Gasteiger partial charge in [0.15, 0.2) is 0 Å². The number of nitrogens with zero attached hydrogens (tertiary/aromatic N) is 2. The maximum absolute atomic E-state index is 12.3. The molecular weight excluding hydrogens is 332 g/mol. The van der Waals surface area contributed by atoms with Gasteiger partial charge in [-0.1, -0.05) is 12.1 Å². The average molecular weight is 346 g/mol. The fraction of sp³-hybridized carbons (Fsp3) is 0.0526. The monoisotopic (exact) mass is 346 g/mol. The normalized spacial score (nSPS) is 10.2. The van der Waals surface area contributed by atoms with Gasteiger partial charge in [-0.2, -0.15) is 10.5 Å². The Labute approximate surface area is 150 Å². The Morgan fingerprint density at radius 1 is 1.08 bits per heavy atom. The zero-order valence-electron chi connectivity index (χ0n) is 13.8. The van der Waals surface area contributed by atoms with Crippen molar-refractivity contribution in [3.05, 3.63) is 71.4 Å². The molecule has 0 aliphatic rings. The van der Waals surface area contributed by atoms with Crippen LogP contribution in [0.5, 0.6) is 0 Å². The van der Waals surface area contributed by atoms with E-state index in [1.54, 1.807) is 42.5 Å². The molecule has 0 spiro atoms. The maximum Gasteiger partial charge on any atom is 0.339 e. The van der Waals surface area contributed by atoms with Crippen LogP contribution in [0.2, 0.25) is 0 Å². The molecule has 0 bridgehead atoms. The molecule has 0 unspecified atom stereocenters. The maximum atomic E-state index is 12.3. The van der Waals surface area contributed by atoms with Crippen molar-refractivity contribution in [1.29, 1.82) is 10.5 Å². The van der Waals surface area contributed by atoms with Crippen LogP contribution in [-0.2, 0) is 9.53 Å². The van der Waals surface area contributed by atoms with Crippen molar-refractivity contribution in [3.8, 4) is 12.1 Å². The Morgan fingerprint density at radius 2 is 1.77 bits per heavy atom. The summed E-state index contributed by atoms with van der Waals surface area (Å²) in [5.41, 5.74) is 1.34. The Kier molecular flexibility index (Phi) is 6.08. The first-order valence-electron chi connectivity index (χ1n) is 7.44. The van der Waals surface area contributed by atoms with E-state index in [0.29, 0.717) is 11.3 Å². The van der Waals surface area contributed by atoms with E-state index in [2.05, 4.69) is 15.4 Å². The van der Waals surface area contributed by atoms with Gasteiger partial charge in [-0.05, 0) is 36.4 Å². The first-order valence-corrected chi connectivity index (χ1v) is 7.44. The van der Waals surface area contributed by atoms with Gasteiger partial charge in [-0.3, -0.25) is 4.79 Å². The fourth-order valence-corrected chi connectivity index (χ4v) is 2.01. The van der Waals surface area contributed by atoms with Crippen molar-refractivity contribution in [2.24, 2.45) is 0 Å². The zero-order chi connectivity index (χ0) is 18.9. The molecule has 26 heavy (non-hydrogen) atoms. The largest absolute Gasteiger partial charge is 0.465 e. The number of hydrogen-bond acceptors (Lipinski definition) is 6. The second-order valence-corrected chi connectivity index (χ2v) is 4.99. The molecule has 0 atom stereocenters. The summed E-state index contributed by atoms with van der Waals surface area (Å²) in [6, 6.07) is 16.6. The second kappa shape index (κ2) is 8.67. The number of esters is 1. The smallest absolute Gasteiger partial charge is 0.339 e. The van der Waals surface area contributed by atoms with Crippen LogP contribution < -0.4 is 10.6 Å². The van der Waals surface area contributed by atoms with Crippen molar-refractivity contribution >= 4 is 23.3 Å². The first kappa shape index (κ1) is 18.2. The number of benzene rings is 2. The summed E-state index contributed by atoms with van der Waals surface area (Å²) in [6.07, 6.45) is 1.25. The molecule has 0 aromatic heterocycles. The molecule has 1 amide bonds. The zero-order valence-corrected chi connectivity index (χ0v) is 13.8. The van der Waals surface area contributed by atoms with Crippen molar-refractivity contribution in [2.45, 2.75) is 0 Å². The van der Waals surface area contributed by atoms with Gasteiger partial charge in [0, 0.05) is 11.9 Å². The average Bonchev–Trinajstić information content (AvgIpc) is 2.68. The van der Waals surface area contributed by atoms with Gasteiger partial charge >= 0.3 is 5.97 Å². The molecule has 128 valence electrons. The van der Waals surface area contributed by atoms with Gasteiger partial charge in [-0.25, -0.2) is 4.79 Å². The number of rotatable bonds is 5. The van der Waals surface area contributed by atoms with Crippen LogP contribution in [0.25, 0.3) is 0 Å². The summed E-state index contributed by atoms with van der Waals surface area (Å²) in [5.74, 6) is -1.27. The van der Waals surface area contributed by atoms with E-state index in [4.69, 9.17) is 5.26 Å². The van der Waals surface area contributed by atoms with Crippen molar-refractivity contribution in [3.63, 3.8) is 0 Å². The van der Waals surface area contributed by atoms with E-state index in [0.717, 1.165) is 0 Å². The Bertz CT molecular complexity index is 934. The van der Waals surface area contributed by atoms with Crippen molar-refractivity contribution in [2.75, 3.05) is 17.7 Å². The number of nitrogens with one attached hydrogen (secondary N) is 2. The molecule has 2 aromatic carbocycles. The van der Waals surface area contributed by atoms with E-state index >= 15 is 0 Å². The van der Waals surface area contributed by atoms with E-state index in [-0.39, 0.29) is 16.8 Å². The van der Waals surface area contributed by atoms with E-state index in [9.17, 15) is 14.9 Å². The number of nitriles is 2. The highest BCUT2D eigenvalue weighted by atomic mass is 16.5. The lowest BCUT2D eigenvalue weighted by Crippen LogP contribution is -2.17. The van der Waals surface area contributed by atoms with Gasteiger partial charge in [0.25, 0.3) is 5.91 Å². The van der Waals surface area contributed by atoms with Crippen LogP contribution in [0, 0.1) is 22.7 Å². The third kappa shape index (κ3) is 4.47. The van der Waals surface area contributed by atoms with Crippen LogP contribution in [-0.4, -0.2) is 19.0 Å².